The van der Waals surface area contributed by atoms with Gasteiger partial charge in [-0.25, -0.2) is 0 Å². The van der Waals surface area contributed by atoms with Crippen LogP contribution in [0, 0.1) is 0 Å². The van der Waals surface area contributed by atoms with Crippen LogP contribution in [0.4, 0.5) is 0 Å². The number of fused-ring (bicyclic) bond motifs is 2. The summed E-state index contributed by atoms with van der Waals surface area (Å²) < 4.78 is 1.89. The maximum atomic E-state index is 11.5. The number of aromatic nitrogens is 2. The molecule has 0 N–H and O–H groups in total. The summed E-state index contributed by atoms with van der Waals surface area (Å²) in [6.07, 6.45) is 10.1. The van der Waals surface area contributed by atoms with Crippen molar-refractivity contribution in [3.63, 3.8) is 0 Å². The summed E-state index contributed by atoms with van der Waals surface area (Å²) in [4.78, 5) is 15.9. The Morgan fingerprint density at radius 3 is 3.07 bits per heavy atom. The fraction of sp³-hybridized carbons (Fsp3) is 0.333. The first kappa shape index (κ1) is 8.65. The van der Waals surface area contributed by atoms with E-state index in [4.69, 9.17) is 0 Å². The molecule has 0 fully saturated rings. The maximum absolute atomic E-state index is 11.5. The van der Waals surface area contributed by atoms with Gasteiger partial charge in [0.25, 0.3) is 0 Å². The van der Waals surface area contributed by atoms with Gasteiger partial charge >= 0.3 is 0 Å². The third-order valence-corrected chi connectivity index (χ3v) is 3.04. The monoisotopic (exact) mass is 200 g/mol. The highest BCUT2D eigenvalue weighted by Gasteiger charge is 2.12. The van der Waals surface area contributed by atoms with Crippen molar-refractivity contribution in [1.82, 2.24) is 9.55 Å². The van der Waals surface area contributed by atoms with Gasteiger partial charge in [0.15, 0.2) is 0 Å². The van der Waals surface area contributed by atoms with E-state index in [1.807, 2.05) is 10.8 Å². The van der Waals surface area contributed by atoms with E-state index in [2.05, 4.69) is 11.2 Å². The largest absolute Gasteiger partial charge is 0.319 e. The Kier molecular flexibility index (Phi) is 1.84. The van der Waals surface area contributed by atoms with Crippen LogP contribution in [0.3, 0.4) is 0 Å². The normalized spacial score (nSPS) is 15.2. The lowest BCUT2D eigenvalue weighted by molar-refractivity contribution is 0.669. The number of hydrogen-bond donors (Lipinski definition) is 0. The van der Waals surface area contributed by atoms with Gasteiger partial charge in [-0.15, -0.1) is 0 Å². The molecule has 0 radical (unpaired) electrons. The van der Waals surface area contributed by atoms with Crippen LogP contribution in [0.1, 0.15) is 24.1 Å². The predicted molar refractivity (Wildman–Crippen MR) is 57.7 cm³/mol. The number of nitrogens with zero attached hydrogens (tertiary/aromatic N) is 2. The van der Waals surface area contributed by atoms with Crippen molar-refractivity contribution in [3.8, 4) is 5.69 Å². The van der Waals surface area contributed by atoms with E-state index in [1.54, 1.807) is 12.3 Å². The molecule has 0 aromatic carbocycles. The first-order valence-electron chi connectivity index (χ1n) is 5.33. The molecular formula is C12H12N2O. The molecule has 0 aromatic heterocycles. The van der Waals surface area contributed by atoms with Crippen LogP contribution in [0.25, 0.3) is 5.69 Å². The van der Waals surface area contributed by atoms with E-state index >= 15 is 0 Å². The molecule has 0 aromatic rings. The summed E-state index contributed by atoms with van der Waals surface area (Å²) in [5.74, 6) is 0. The third kappa shape index (κ3) is 1.35. The summed E-state index contributed by atoms with van der Waals surface area (Å²) >= 11 is 0. The van der Waals surface area contributed by atoms with Crippen LogP contribution >= 0.6 is 0 Å². The molecule has 1 aliphatic carbocycles. The summed E-state index contributed by atoms with van der Waals surface area (Å²) in [7, 11) is 0. The predicted octanol–water partition coefficient (Wildman–Crippen LogP) is 1.55. The van der Waals surface area contributed by atoms with Gasteiger partial charge in [-0.05, 0) is 31.2 Å². The van der Waals surface area contributed by atoms with Crippen molar-refractivity contribution >= 4 is 0 Å². The van der Waals surface area contributed by atoms with Crippen molar-refractivity contribution in [2.75, 3.05) is 0 Å². The van der Waals surface area contributed by atoms with E-state index < -0.39 is 0 Å². The van der Waals surface area contributed by atoms with E-state index in [-0.39, 0.29) is 5.43 Å². The van der Waals surface area contributed by atoms with Crippen molar-refractivity contribution in [2.24, 2.45) is 0 Å². The minimum absolute atomic E-state index is 0.0508. The first-order valence-corrected chi connectivity index (χ1v) is 5.33. The maximum Gasteiger partial charge on any atom is 0.205 e. The van der Waals surface area contributed by atoms with Gasteiger partial charge in [-0.1, -0.05) is 0 Å². The van der Waals surface area contributed by atoms with Crippen LogP contribution in [-0.2, 0) is 12.8 Å². The van der Waals surface area contributed by atoms with Gasteiger partial charge in [0.05, 0.1) is 6.20 Å². The Morgan fingerprint density at radius 2 is 2.13 bits per heavy atom. The Labute approximate surface area is 87.7 Å². The molecular weight excluding hydrogens is 188 g/mol. The lowest BCUT2D eigenvalue weighted by Gasteiger charge is -2.10. The standard InChI is InChI=1S/C12H12N2O/c15-12-5-6-14-8-9-3-1-2-4-10(9)13-7-11(12)14/h5-8H,1-4H2. The quantitative estimate of drug-likeness (QED) is 0.646. The molecule has 3 rings (SSSR count). The molecule has 3 heteroatoms. The molecule has 3 nitrogen and oxygen atoms in total. The van der Waals surface area contributed by atoms with Crippen molar-refractivity contribution in [3.05, 3.63) is 46.1 Å². The molecule has 76 valence electrons. The smallest absolute Gasteiger partial charge is 0.205 e. The van der Waals surface area contributed by atoms with Gasteiger partial charge < -0.3 is 4.57 Å². The zero-order valence-electron chi connectivity index (χ0n) is 8.44. The highest BCUT2D eigenvalue weighted by molar-refractivity contribution is 5.34. The average Bonchev–Trinajstić information content (AvgIpc) is 2.51. The van der Waals surface area contributed by atoms with Crippen molar-refractivity contribution in [1.29, 1.82) is 0 Å². The Bertz CT molecular complexity index is 530. The second kappa shape index (κ2) is 3.19. The van der Waals surface area contributed by atoms with Crippen LogP contribution in [0.15, 0.2) is 29.5 Å². The molecule has 0 saturated heterocycles. The van der Waals surface area contributed by atoms with E-state index in [0.717, 1.165) is 18.5 Å². The molecule has 0 amide bonds. The lowest BCUT2D eigenvalue weighted by atomic mass is 9.98. The number of aryl methyl sites for hydroxylation is 2. The van der Waals surface area contributed by atoms with Crippen LogP contribution in [-0.4, -0.2) is 9.55 Å². The highest BCUT2D eigenvalue weighted by Crippen LogP contribution is 2.19. The Balaban J connectivity index is 2.29. The molecule has 3 aliphatic rings. The minimum atomic E-state index is 0.0508. The number of hydrogen-bond acceptors (Lipinski definition) is 2. The first-order chi connectivity index (χ1) is 7.34. The van der Waals surface area contributed by atoms with E-state index in [1.165, 1.54) is 18.4 Å². The third-order valence-electron chi connectivity index (χ3n) is 3.04. The Morgan fingerprint density at radius 1 is 1.27 bits per heavy atom. The van der Waals surface area contributed by atoms with Gasteiger partial charge in [-0.2, -0.15) is 0 Å². The lowest BCUT2D eigenvalue weighted by Crippen LogP contribution is -2.02. The molecule has 0 saturated carbocycles. The SMILES string of the molecule is O=c1ccn2cc3c(ncc1-2)CCCC3. The fourth-order valence-corrected chi connectivity index (χ4v) is 2.19. The van der Waals surface area contributed by atoms with E-state index in [9.17, 15) is 4.79 Å². The molecule has 0 unspecified atom stereocenters. The van der Waals surface area contributed by atoms with Gasteiger partial charge in [0, 0.05) is 24.2 Å². The van der Waals surface area contributed by atoms with Crippen LogP contribution < -0.4 is 5.43 Å². The van der Waals surface area contributed by atoms with Crippen molar-refractivity contribution in [2.45, 2.75) is 25.7 Å². The summed E-state index contributed by atoms with van der Waals surface area (Å²) in [5, 5.41) is 0. The molecule has 2 aliphatic heterocycles. The van der Waals surface area contributed by atoms with Crippen LogP contribution in [0.5, 0.6) is 0 Å². The molecule has 2 heterocycles. The number of rotatable bonds is 0. The zero-order chi connectivity index (χ0) is 10.3. The molecule has 0 spiro atoms. The van der Waals surface area contributed by atoms with Crippen LogP contribution in [0.2, 0.25) is 0 Å². The highest BCUT2D eigenvalue weighted by atomic mass is 16.1. The average molecular weight is 200 g/mol. The fourth-order valence-electron chi connectivity index (χ4n) is 2.19. The second-order valence-electron chi connectivity index (χ2n) is 4.04. The summed E-state index contributed by atoms with van der Waals surface area (Å²) in [6, 6.07) is 1.59. The molecule has 0 atom stereocenters. The zero-order valence-corrected chi connectivity index (χ0v) is 8.44. The van der Waals surface area contributed by atoms with E-state index in [0.29, 0.717) is 5.69 Å². The Hall–Kier alpha value is -1.64. The second-order valence-corrected chi connectivity index (χ2v) is 4.04. The van der Waals surface area contributed by atoms with Gasteiger partial charge in [0.1, 0.15) is 5.69 Å². The minimum Gasteiger partial charge on any atom is -0.319 e. The van der Waals surface area contributed by atoms with Crippen molar-refractivity contribution < 1.29 is 0 Å². The molecule has 15 heavy (non-hydrogen) atoms. The molecule has 0 bridgehead atoms. The summed E-state index contributed by atoms with van der Waals surface area (Å²) in [6.45, 7) is 0. The topological polar surface area (TPSA) is 34.9 Å². The summed E-state index contributed by atoms with van der Waals surface area (Å²) in [5.41, 5.74) is 3.16. The van der Waals surface area contributed by atoms with Gasteiger partial charge in [-0.3, -0.25) is 9.78 Å². The van der Waals surface area contributed by atoms with Gasteiger partial charge in [0.2, 0.25) is 5.43 Å².